The van der Waals surface area contributed by atoms with Gasteiger partial charge in [0.15, 0.2) is 0 Å². The van der Waals surface area contributed by atoms with Crippen LogP contribution < -0.4 is 4.74 Å². The maximum Gasteiger partial charge on any atom is 0.309 e. The summed E-state index contributed by atoms with van der Waals surface area (Å²) in [4.78, 5) is 11.5. The molecule has 128 valence electrons. The van der Waals surface area contributed by atoms with E-state index in [1.165, 1.54) is 0 Å². The lowest BCUT2D eigenvalue weighted by atomic mass is 9.67. The van der Waals surface area contributed by atoms with E-state index >= 15 is 0 Å². The van der Waals surface area contributed by atoms with Gasteiger partial charge in [0.25, 0.3) is 0 Å². The first kappa shape index (κ1) is 17.7. The van der Waals surface area contributed by atoms with Crippen LogP contribution in [-0.4, -0.2) is 24.1 Å². The second-order valence-corrected chi connectivity index (χ2v) is 6.37. The van der Waals surface area contributed by atoms with Crippen LogP contribution >= 0.6 is 0 Å². The smallest absolute Gasteiger partial charge is 0.309 e. The Bertz CT molecular complexity index is 506. The van der Waals surface area contributed by atoms with E-state index < -0.39 is 24.2 Å². The number of benzene rings is 1. The molecule has 1 aliphatic carbocycles. The van der Waals surface area contributed by atoms with Crippen LogP contribution in [0.2, 0.25) is 0 Å². The lowest BCUT2D eigenvalue weighted by molar-refractivity contribution is -0.154. The Kier molecular flexibility index (Phi) is 5.97. The van der Waals surface area contributed by atoms with E-state index in [9.17, 15) is 18.7 Å². The summed E-state index contributed by atoms with van der Waals surface area (Å²) in [6.45, 7) is 2.72. The Labute approximate surface area is 135 Å². The highest BCUT2D eigenvalue weighted by Gasteiger charge is 2.44. The molecule has 1 aromatic rings. The van der Waals surface area contributed by atoms with Crippen molar-refractivity contribution in [1.82, 2.24) is 0 Å². The summed E-state index contributed by atoms with van der Waals surface area (Å²) in [7, 11) is 0. The standard InChI is InChI=1S/C18H24F2O3/c1-2-11-23-15-5-3-13(4-6-15)14-7-9-18(10-8-14,17(21)22)12-16(19)20/h3-6,14,16H,2,7-12H2,1H3,(H,21,22)/t14-,18-. The molecule has 0 saturated heterocycles. The van der Waals surface area contributed by atoms with Crippen LogP contribution in [0.5, 0.6) is 5.75 Å². The second kappa shape index (κ2) is 7.75. The number of hydrogen-bond acceptors (Lipinski definition) is 2. The number of carbonyl (C=O) groups is 1. The zero-order valence-electron chi connectivity index (χ0n) is 13.4. The number of alkyl halides is 2. The lowest BCUT2D eigenvalue weighted by Crippen LogP contribution is -2.36. The first-order chi connectivity index (χ1) is 11.0. The van der Waals surface area contributed by atoms with Crippen molar-refractivity contribution < 1.29 is 23.4 Å². The molecule has 3 nitrogen and oxygen atoms in total. The molecule has 0 aromatic heterocycles. The molecule has 1 N–H and O–H groups in total. The number of carboxylic acids is 1. The number of halogens is 2. The molecule has 1 fully saturated rings. The Morgan fingerprint density at radius 2 is 1.91 bits per heavy atom. The summed E-state index contributed by atoms with van der Waals surface area (Å²) in [5.74, 6) is -0.0241. The Morgan fingerprint density at radius 1 is 1.30 bits per heavy atom. The van der Waals surface area contributed by atoms with Crippen LogP contribution in [0.25, 0.3) is 0 Å². The Hall–Kier alpha value is -1.65. The summed E-state index contributed by atoms with van der Waals surface area (Å²) in [5, 5.41) is 9.36. The molecule has 0 heterocycles. The summed E-state index contributed by atoms with van der Waals surface area (Å²) >= 11 is 0. The zero-order valence-corrected chi connectivity index (χ0v) is 13.4. The highest BCUT2D eigenvalue weighted by atomic mass is 19.3. The fraction of sp³-hybridized carbons (Fsp3) is 0.611. The molecule has 1 saturated carbocycles. The quantitative estimate of drug-likeness (QED) is 0.778. The van der Waals surface area contributed by atoms with E-state index in [0.29, 0.717) is 32.3 Å². The molecule has 0 unspecified atom stereocenters. The van der Waals surface area contributed by atoms with E-state index in [1.54, 1.807) is 0 Å². The number of hydrogen-bond donors (Lipinski definition) is 1. The van der Waals surface area contributed by atoms with Gasteiger partial charge in [-0.2, -0.15) is 0 Å². The van der Waals surface area contributed by atoms with Crippen molar-refractivity contribution in [3.63, 3.8) is 0 Å². The van der Waals surface area contributed by atoms with E-state index in [2.05, 4.69) is 0 Å². The van der Waals surface area contributed by atoms with Crippen molar-refractivity contribution in [1.29, 1.82) is 0 Å². The van der Waals surface area contributed by atoms with Crippen LogP contribution in [0.3, 0.4) is 0 Å². The first-order valence-electron chi connectivity index (χ1n) is 8.21. The van der Waals surface area contributed by atoms with Gasteiger partial charge in [-0.15, -0.1) is 0 Å². The molecule has 0 aliphatic heterocycles. The molecule has 0 atom stereocenters. The summed E-state index contributed by atoms with van der Waals surface area (Å²) in [5.41, 5.74) is -0.126. The molecular formula is C18H24F2O3. The minimum absolute atomic E-state index is 0.236. The summed E-state index contributed by atoms with van der Waals surface area (Å²) in [6.07, 6.45) is -0.276. The second-order valence-electron chi connectivity index (χ2n) is 6.37. The van der Waals surface area contributed by atoms with Crippen molar-refractivity contribution in [2.24, 2.45) is 5.41 Å². The summed E-state index contributed by atoms with van der Waals surface area (Å²) in [6, 6.07) is 7.83. The van der Waals surface area contributed by atoms with Gasteiger partial charge in [0.1, 0.15) is 5.75 Å². The number of carboxylic acid groups (broad SMARTS) is 1. The van der Waals surface area contributed by atoms with Crippen LogP contribution in [-0.2, 0) is 4.79 Å². The van der Waals surface area contributed by atoms with E-state index in [4.69, 9.17) is 4.74 Å². The third-order valence-corrected chi connectivity index (χ3v) is 4.77. The highest BCUT2D eigenvalue weighted by Crippen LogP contribution is 2.46. The normalized spacial score (nSPS) is 24.6. The van der Waals surface area contributed by atoms with Gasteiger partial charge in [0, 0.05) is 6.42 Å². The maximum atomic E-state index is 12.7. The average Bonchev–Trinajstić information content (AvgIpc) is 2.53. The topological polar surface area (TPSA) is 46.5 Å². The molecule has 23 heavy (non-hydrogen) atoms. The van der Waals surface area contributed by atoms with Crippen molar-refractivity contribution in [3.8, 4) is 5.75 Å². The zero-order chi connectivity index (χ0) is 16.9. The molecule has 0 radical (unpaired) electrons. The van der Waals surface area contributed by atoms with Gasteiger partial charge >= 0.3 is 5.97 Å². The van der Waals surface area contributed by atoms with Crippen LogP contribution in [0.15, 0.2) is 24.3 Å². The Morgan fingerprint density at radius 3 is 2.39 bits per heavy atom. The minimum atomic E-state index is -2.57. The molecule has 0 bridgehead atoms. The molecule has 2 rings (SSSR count). The number of ether oxygens (including phenoxy) is 1. The first-order valence-corrected chi connectivity index (χ1v) is 8.21. The molecule has 1 aliphatic rings. The van der Waals surface area contributed by atoms with Gasteiger partial charge in [-0.3, -0.25) is 4.79 Å². The third-order valence-electron chi connectivity index (χ3n) is 4.77. The predicted octanol–water partition coefficient (Wildman–Crippen LogP) is 4.86. The van der Waals surface area contributed by atoms with Crippen molar-refractivity contribution in [2.75, 3.05) is 6.61 Å². The van der Waals surface area contributed by atoms with E-state index in [0.717, 1.165) is 17.7 Å². The van der Waals surface area contributed by atoms with Gasteiger partial charge in [-0.05, 0) is 55.7 Å². The largest absolute Gasteiger partial charge is 0.494 e. The van der Waals surface area contributed by atoms with Gasteiger partial charge in [-0.25, -0.2) is 8.78 Å². The van der Waals surface area contributed by atoms with Gasteiger partial charge in [0.2, 0.25) is 6.43 Å². The maximum absolute atomic E-state index is 12.7. The van der Waals surface area contributed by atoms with Crippen molar-refractivity contribution in [3.05, 3.63) is 29.8 Å². The van der Waals surface area contributed by atoms with Crippen molar-refractivity contribution >= 4 is 5.97 Å². The minimum Gasteiger partial charge on any atom is -0.494 e. The van der Waals surface area contributed by atoms with Gasteiger partial charge in [0.05, 0.1) is 12.0 Å². The van der Waals surface area contributed by atoms with Crippen molar-refractivity contribution in [2.45, 2.75) is 57.8 Å². The molecule has 1 aromatic carbocycles. The monoisotopic (exact) mass is 326 g/mol. The third kappa shape index (κ3) is 4.43. The predicted molar refractivity (Wildman–Crippen MR) is 84.1 cm³/mol. The molecule has 0 amide bonds. The fourth-order valence-corrected chi connectivity index (χ4v) is 3.36. The number of rotatable bonds is 7. The SMILES string of the molecule is CCCOc1ccc([C@H]2CC[C@](CC(F)F)(C(=O)O)CC2)cc1. The van der Waals surface area contributed by atoms with Crippen LogP contribution in [0.1, 0.15) is 56.9 Å². The average molecular weight is 326 g/mol. The number of aliphatic carboxylic acids is 1. The van der Waals surface area contributed by atoms with Gasteiger partial charge in [-0.1, -0.05) is 19.1 Å². The van der Waals surface area contributed by atoms with E-state index in [-0.39, 0.29) is 5.92 Å². The van der Waals surface area contributed by atoms with E-state index in [1.807, 2.05) is 31.2 Å². The summed E-state index contributed by atoms with van der Waals surface area (Å²) < 4.78 is 31.0. The molecule has 5 heteroatoms. The van der Waals surface area contributed by atoms with Crippen LogP contribution in [0, 0.1) is 5.41 Å². The molecular weight excluding hydrogens is 302 g/mol. The highest BCUT2D eigenvalue weighted by molar-refractivity contribution is 5.74. The van der Waals surface area contributed by atoms with Crippen LogP contribution in [0.4, 0.5) is 8.78 Å². The van der Waals surface area contributed by atoms with Gasteiger partial charge < -0.3 is 9.84 Å². The Balaban J connectivity index is 1.99. The molecule has 0 spiro atoms. The lowest BCUT2D eigenvalue weighted by Gasteiger charge is -2.36. The fourth-order valence-electron chi connectivity index (χ4n) is 3.36.